The van der Waals surface area contributed by atoms with Gasteiger partial charge in [-0.1, -0.05) is 39.8 Å². The highest BCUT2D eigenvalue weighted by atomic mass is 19.4. The molecule has 0 aliphatic carbocycles. The molecule has 0 aromatic heterocycles. The highest BCUT2D eigenvalue weighted by molar-refractivity contribution is 5.96. The van der Waals surface area contributed by atoms with E-state index in [2.05, 4.69) is 5.32 Å². The van der Waals surface area contributed by atoms with Gasteiger partial charge < -0.3 is 26.8 Å². The van der Waals surface area contributed by atoms with Crippen LogP contribution in [0, 0.1) is 25.7 Å². The molecule has 0 unspecified atom stereocenters. The van der Waals surface area contributed by atoms with Gasteiger partial charge >= 0.3 is 12.1 Å². The molecule has 2 aromatic rings. The van der Waals surface area contributed by atoms with Crippen LogP contribution in [0.2, 0.25) is 0 Å². The van der Waals surface area contributed by atoms with Crippen LogP contribution in [0.1, 0.15) is 56.4 Å². The molecule has 0 bridgehead atoms. The second-order valence-electron chi connectivity index (χ2n) is 10.3. The van der Waals surface area contributed by atoms with Gasteiger partial charge in [-0.2, -0.15) is 13.2 Å². The van der Waals surface area contributed by atoms with Crippen molar-refractivity contribution in [2.75, 3.05) is 17.3 Å². The normalized spacial score (nSPS) is 13.0. The minimum Gasteiger partial charge on any atom is -0.480 e. The maximum Gasteiger partial charge on any atom is 0.416 e. The first kappa shape index (κ1) is 32.9. The molecule has 0 saturated heterocycles. The highest BCUT2D eigenvalue weighted by Crippen LogP contribution is 2.30. The summed E-state index contributed by atoms with van der Waals surface area (Å²) >= 11 is 0. The Morgan fingerprint density at radius 2 is 1.50 bits per heavy atom. The summed E-state index contributed by atoms with van der Waals surface area (Å²) in [5, 5.41) is 11.2. The Morgan fingerprint density at radius 1 is 1.00 bits per heavy atom. The monoisotopic (exact) mass is 538 g/mol. The molecule has 0 saturated carbocycles. The van der Waals surface area contributed by atoms with E-state index >= 15 is 0 Å². The number of hydrogen-bond donors (Lipinski definition) is 4. The van der Waals surface area contributed by atoms with E-state index in [9.17, 15) is 22.8 Å². The third-order valence-corrected chi connectivity index (χ3v) is 5.97. The summed E-state index contributed by atoms with van der Waals surface area (Å²) in [6.45, 7) is 11.9. The topological polar surface area (TPSA) is 122 Å². The molecule has 1 amide bonds. The first-order valence-electron chi connectivity index (χ1n) is 12.5. The highest BCUT2D eigenvalue weighted by Gasteiger charge is 2.30. The fourth-order valence-corrected chi connectivity index (χ4v) is 3.64. The minimum atomic E-state index is -4.34. The molecule has 212 valence electrons. The molecule has 0 aliphatic heterocycles. The summed E-state index contributed by atoms with van der Waals surface area (Å²) in [7, 11) is 1.87. The Kier molecular flexibility index (Phi) is 12.3. The number of nitrogens with zero attached hydrogens (tertiary/aromatic N) is 1. The van der Waals surface area contributed by atoms with Gasteiger partial charge in [0.25, 0.3) is 0 Å². The number of carbonyl (C=O) groups excluding carboxylic acids is 1. The number of nitrogens with one attached hydrogen (secondary N) is 1. The van der Waals surface area contributed by atoms with E-state index in [1.165, 1.54) is 12.1 Å². The Labute approximate surface area is 223 Å². The molecule has 6 N–H and O–H groups in total. The average Bonchev–Trinajstić information content (AvgIpc) is 2.80. The van der Waals surface area contributed by atoms with Crippen molar-refractivity contribution >= 4 is 23.3 Å². The van der Waals surface area contributed by atoms with Crippen LogP contribution in [-0.4, -0.2) is 36.1 Å². The molecule has 0 radical (unpaired) electrons. The first-order valence-corrected chi connectivity index (χ1v) is 12.5. The lowest BCUT2D eigenvalue weighted by Crippen LogP contribution is -2.40. The fourth-order valence-electron chi connectivity index (χ4n) is 3.64. The number of amides is 1. The Balaban J connectivity index is 0.000000686. The van der Waals surface area contributed by atoms with E-state index in [4.69, 9.17) is 16.6 Å². The maximum atomic E-state index is 12.7. The van der Waals surface area contributed by atoms with Gasteiger partial charge in [0.15, 0.2) is 0 Å². The number of benzene rings is 2. The van der Waals surface area contributed by atoms with Gasteiger partial charge in [0.2, 0.25) is 5.91 Å². The largest absolute Gasteiger partial charge is 0.480 e. The average molecular weight is 539 g/mol. The number of carboxylic acids is 1. The number of nitrogens with two attached hydrogens (primary N) is 2. The molecule has 10 heteroatoms. The second-order valence-corrected chi connectivity index (χ2v) is 10.3. The smallest absolute Gasteiger partial charge is 0.416 e. The fraction of sp³-hybridized carbons (Fsp3) is 0.500. The van der Waals surface area contributed by atoms with Crippen molar-refractivity contribution in [2.24, 2.45) is 23.3 Å². The predicted molar refractivity (Wildman–Crippen MR) is 146 cm³/mol. The van der Waals surface area contributed by atoms with Crippen molar-refractivity contribution in [3.05, 3.63) is 58.7 Å². The second kappa shape index (κ2) is 14.2. The van der Waals surface area contributed by atoms with Crippen molar-refractivity contribution in [3.8, 4) is 0 Å². The summed E-state index contributed by atoms with van der Waals surface area (Å²) in [6.07, 6.45) is -3.79. The molecule has 0 aliphatic rings. The number of anilines is 2. The number of alkyl halides is 3. The zero-order valence-corrected chi connectivity index (χ0v) is 23.2. The molecular weight excluding hydrogens is 497 g/mol. The summed E-state index contributed by atoms with van der Waals surface area (Å²) in [4.78, 5) is 24.4. The lowest BCUT2D eigenvalue weighted by Gasteiger charge is -2.23. The van der Waals surface area contributed by atoms with Crippen LogP contribution in [0.5, 0.6) is 0 Å². The summed E-state index contributed by atoms with van der Waals surface area (Å²) < 4.78 is 38.1. The number of carbonyl (C=O) groups is 2. The Bertz CT molecular complexity index is 1050. The molecule has 0 heterocycles. The summed E-state index contributed by atoms with van der Waals surface area (Å²) in [5.74, 6) is -0.749. The number of aliphatic carboxylic acids is 1. The number of carboxylic acid groups (broad SMARTS) is 1. The van der Waals surface area contributed by atoms with Gasteiger partial charge in [-0.25, -0.2) is 0 Å². The summed E-state index contributed by atoms with van der Waals surface area (Å²) in [5.41, 5.74) is 14.7. The third-order valence-electron chi connectivity index (χ3n) is 5.97. The van der Waals surface area contributed by atoms with Crippen LogP contribution in [0.3, 0.4) is 0 Å². The lowest BCUT2D eigenvalue weighted by molar-refractivity contribution is -0.139. The van der Waals surface area contributed by atoms with Gasteiger partial charge in [-0.15, -0.1) is 0 Å². The van der Waals surface area contributed by atoms with Crippen molar-refractivity contribution < 1.29 is 27.9 Å². The molecule has 0 fully saturated rings. The van der Waals surface area contributed by atoms with Gasteiger partial charge in [-0.05, 0) is 73.1 Å². The molecular formula is C28H41F3N4O3. The van der Waals surface area contributed by atoms with Crippen LogP contribution in [0.25, 0.3) is 0 Å². The van der Waals surface area contributed by atoms with E-state index < -0.39 is 29.8 Å². The number of aryl methyl sites for hydroxylation is 2. The van der Waals surface area contributed by atoms with Crippen LogP contribution in [-0.2, 0) is 22.3 Å². The lowest BCUT2D eigenvalue weighted by atomic mass is 10.0. The minimum absolute atomic E-state index is 0.0322. The van der Waals surface area contributed by atoms with Gasteiger partial charge in [0, 0.05) is 25.0 Å². The van der Waals surface area contributed by atoms with Crippen molar-refractivity contribution in [3.63, 3.8) is 0 Å². The predicted octanol–water partition coefficient (Wildman–Crippen LogP) is 5.32. The van der Waals surface area contributed by atoms with Gasteiger partial charge in [0.05, 0.1) is 11.6 Å². The number of halogens is 3. The van der Waals surface area contributed by atoms with E-state index in [0.717, 1.165) is 40.2 Å². The molecule has 2 rings (SSSR count). The van der Waals surface area contributed by atoms with Crippen LogP contribution in [0.15, 0.2) is 36.4 Å². The number of rotatable bonds is 9. The zero-order chi connectivity index (χ0) is 29.4. The molecule has 2 atom stereocenters. The number of hydrogen-bond acceptors (Lipinski definition) is 5. The van der Waals surface area contributed by atoms with E-state index in [-0.39, 0.29) is 11.8 Å². The standard InChI is InChI=1S/C22H28F3N3O.C6H13NO2/c1-13(2)19(26)21(29)27-20-14(3)10-18(11-15(20)4)28(5)12-16-6-8-17(9-7-16)22(23,24)25;1-4(2)3-5(7)6(8)9/h6-11,13,19H,12,26H2,1-5H3,(H,27,29);4-5H,3,7H2,1-2H3,(H,8,9)/t19-;5-/m00/s1. The molecule has 38 heavy (non-hydrogen) atoms. The van der Waals surface area contributed by atoms with Crippen molar-refractivity contribution in [1.82, 2.24) is 0 Å². The SMILES string of the molecule is CC(C)C[C@H](N)C(=O)O.Cc1cc(N(C)Cc2ccc(C(F)(F)F)cc2)cc(C)c1NC(=O)[C@@H](N)C(C)C. The van der Waals surface area contributed by atoms with Crippen molar-refractivity contribution in [2.45, 2.75) is 72.8 Å². The van der Waals surface area contributed by atoms with E-state index in [1.807, 2.05) is 65.6 Å². The van der Waals surface area contributed by atoms with Crippen LogP contribution in [0.4, 0.5) is 24.5 Å². The molecule has 7 nitrogen and oxygen atoms in total. The maximum absolute atomic E-state index is 12.7. The Hall–Kier alpha value is -3.11. The van der Waals surface area contributed by atoms with Crippen LogP contribution >= 0.6 is 0 Å². The Morgan fingerprint density at radius 3 is 1.87 bits per heavy atom. The quantitative estimate of drug-likeness (QED) is 0.343. The van der Waals surface area contributed by atoms with Crippen molar-refractivity contribution in [1.29, 1.82) is 0 Å². The van der Waals surface area contributed by atoms with Gasteiger partial charge in [-0.3, -0.25) is 9.59 Å². The third kappa shape index (κ3) is 10.3. The summed E-state index contributed by atoms with van der Waals surface area (Å²) in [6, 6.07) is 7.76. The van der Waals surface area contributed by atoms with E-state index in [1.54, 1.807) is 0 Å². The van der Waals surface area contributed by atoms with Gasteiger partial charge in [0.1, 0.15) is 6.04 Å². The zero-order valence-electron chi connectivity index (χ0n) is 23.2. The first-order chi connectivity index (χ1) is 17.4. The molecule has 2 aromatic carbocycles. The van der Waals surface area contributed by atoms with Crippen LogP contribution < -0.4 is 21.7 Å². The molecule has 0 spiro atoms. The van der Waals surface area contributed by atoms with E-state index in [0.29, 0.717) is 18.9 Å².